The first-order valence-electron chi connectivity index (χ1n) is 8.39. The van der Waals surface area contributed by atoms with Gasteiger partial charge in [0.1, 0.15) is 5.82 Å². The van der Waals surface area contributed by atoms with Gasteiger partial charge in [-0.2, -0.15) is 0 Å². The highest BCUT2D eigenvalue weighted by molar-refractivity contribution is 6.34. The van der Waals surface area contributed by atoms with Gasteiger partial charge >= 0.3 is 0 Å². The van der Waals surface area contributed by atoms with Crippen LogP contribution in [0.5, 0.6) is 0 Å². The molecule has 1 N–H and O–H groups in total. The Labute approximate surface area is 157 Å². The highest BCUT2D eigenvalue weighted by Crippen LogP contribution is 2.34. The Morgan fingerprint density at radius 2 is 1.92 bits per heavy atom. The third-order valence-electron chi connectivity index (χ3n) is 4.32. The number of nitrogens with zero attached hydrogens (tertiary/aromatic N) is 1. The summed E-state index contributed by atoms with van der Waals surface area (Å²) in [6, 6.07) is 9.47. The van der Waals surface area contributed by atoms with E-state index in [1.165, 1.54) is 18.2 Å². The topological polar surface area (TPSA) is 49.4 Å². The van der Waals surface area contributed by atoms with Gasteiger partial charge in [-0.25, -0.2) is 4.39 Å². The molecule has 3 rings (SSSR count). The Kier molecular flexibility index (Phi) is 4.76. The van der Waals surface area contributed by atoms with Crippen LogP contribution in [0.25, 0.3) is 0 Å². The van der Waals surface area contributed by atoms with Crippen molar-refractivity contribution in [1.82, 2.24) is 0 Å². The lowest BCUT2D eigenvalue weighted by atomic mass is 9.94. The molecule has 0 unspecified atom stereocenters. The second-order valence-corrected chi connectivity index (χ2v) is 7.76. The molecule has 1 aliphatic rings. The number of nitrogens with one attached hydrogen (secondary N) is 1. The Balaban J connectivity index is 1.88. The number of rotatable bonds is 2. The van der Waals surface area contributed by atoms with E-state index in [-0.39, 0.29) is 16.5 Å². The van der Waals surface area contributed by atoms with E-state index < -0.39 is 17.1 Å². The second kappa shape index (κ2) is 6.72. The summed E-state index contributed by atoms with van der Waals surface area (Å²) in [5.41, 5.74) is 1.62. The molecule has 0 spiro atoms. The minimum absolute atomic E-state index is 0.0249. The molecule has 1 aliphatic heterocycles. The van der Waals surface area contributed by atoms with Crippen molar-refractivity contribution in [2.45, 2.75) is 27.2 Å². The maximum atomic E-state index is 13.9. The Morgan fingerprint density at radius 1 is 1.19 bits per heavy atom. The van der Waals surface area contributed by atoms with E-state index in [1.807, 2.05) is 26.8 Å². The lowest BCUT2D eigenvalue weighted by molar-refractivity contribution is -0.125. The largest absolute Gasteiger partial charge is 0.322 e. The second-order valence-electron chi connectivity index (χ2n) is 7.35. The van der Waals surface area contributed by atoms with E-state index in [0.29, 0.717) is 12.2 Å². The SMILES string of the molecule is CC(C)(C)C(=O)N1CCc2ccc(NC(=O)c3c(F)cccc3Cl)cc21. The molecule has 136 valence electrons. The van der Waals surface area contributed by atoms with E-state index >= 15 is 0 Å². The Hall–Kier alpha value is -2.40. The average molecular weight is 375 g/mol. The summed E-state index contributed by atoms with van der Waals surface area (Å²) >= 11 is 5.95. The Morgan fingerprint density at radius 3 is 2.58 bits per heavy atom. The molecule has 0 saturated carbocycles. The minimum atomic E-state index is -0.680. The molecule has 6 heteroatoms. The van der Waals surface area contributed by atoms with Crippen LogP contribution in [0.3, 0.4) is 0 Å². The lowest BCUT2D eigenvalue weighted by Gasteiger charge is -2.26. The summed E-state index contributed by atoms with van der Waals surface area (Å²) in [6.07, 6.45) is 0.768. The maximum Gasteiger partial charge on any atom is 0.260 e. The van der Waals surface area contributed by atoms with Crippen LogP contribution >= 0.6 is 11.6 Å². The van der Waals surface area contributed by atoms with Gasteiger partial charge in [-0.05, 0) is 36.2 Å². The van der Waals surface area contributed by atoms with Gasteiger partial charge in [0, 0.05) is 23.3 Å². The number of fused-ring (bicyclic) bond motifs is 1. The number of hydrogen-bond donors (Lipinski definition) is 1. The van der Waals surface area contributed by atoms with E-state index in [1.54, 1.807) is 17.0 Å². The third-order valence-corrected chi connectivity index (χ3v) is 4.63. The molecule has 0 aromatic heterocycles. The summed E-state index contributed by atoms with van der Waals surface area (Å²) in [6.45, 7) is 6.24. The molecule has 4 nitrogen and oxygen atoms in total. The van der Waals surface area contributed by atoms with Crippen LogP contribution in [-0.2, 0) is 11.2 Å². The monoisotopic (exact) mass is 374 g/mol. The predicted molar refractivity (Wildman–Crippen MR) is 101 cm³/mol. The van der Waals surface area contributed by atoms with Crippen molar-refractivity contribution in [3.8, 4) is 0 Å². The van der Waals surface area contributed by atoms with Crippen molar-refractivity contribution >= 4 is 34.8 Å². The molecule has 2 aromatic carbocycles. The van der Waals surface area contributed by atoms with Crippen LogP contribution in [0.15, 0.2) is 36.4 Å². The van der Waals surface area contributed by atoms with Gasteiger partial charge < -0.3 is 10.2 Å². The summed E-state index contributed by atoms with van der Waals surface area (Å²) in [7, 11) is 0. The standard InChI is InChI=1S/C20H20ClFN2O2/c1-20(2,3)19(26)24-10-9-12-7-8-13(11-16(12)24)23-18(25)17-14(21)5-4-6-15(17)22/h4-8,11H,9-10H2,1-3H3,(H,23,25). The van der Waals surface area contributed by atoms with E-state index in [9.17, 15) is 14.0 Å². The first kappa shape index (κ1) is 18.4. The van der Waals surface area contributed by atoms with Crippen molar-refractivity contribution in [2.24, 2.45) is 5.41 Å². The molecule has 0 aliphatic carbocycles. The third kappa shape index (κ3) is 3.44. The molecule has 2 aromatic rings. The molecule has 0 radical (unpaired) electrons. The molecule has 1 heterocycles. The van der Waals surface area contributed by atoms with E-state index in [2.05, 4.69) is 5.32 Å². The fraction of sp³-hybridized carbons (Fsp3) is 0.300. The average Bonchev–Trinajstić information content (AvgIpc) is 2.96. The van der Waals surface area contributed by atoms with Crippen molar-refractivity contribution in [3.63, 3.8) is 0 Å². The van der Waals surface area contributed by atoms with Crippen molar-refractivity contribution < 1.29 is 14.0 Å². The van der Waals surface area contributed by atoms with Crippen molar-refractivity contribution in [1.29, 1.82) is 0 Å². The molecule has 0 atom stereocenters. The van der Waals surface area contributed by atoms with Crippen LogP contribution in [0.2, 0.25) is 5.02 Å². The van der Waals surface area contributed by atoms with Gasteiger partial charge in [0.2, 0.25) is 5.91 Å². The molecule has 0 bridgehead atoms. The minimum Gasteiger partial charge on any atom is -0.322 e. The van der Waals surface area contributed by atoms with Crippen LogP contribution in [-0.4, -0.2) is 18.4 Å². The summed E-state index contributed by atoms with van der Waals surface area (Å²) < 4.78 is 13.9. The van der Waals surface area contributed by atoms with E-state index in [4.69, 9.17) is 11.6 Å². The normalized spacial score (nSPS) is 13.5. The zero-order valence-corrected chi connectivity index (χ0v) is 15.7. The van der Waals surface area contributed by atoms with E-state index in [0.717, 1.165) is 17.7 Å². The van der Waals surface area contributed by atoms with Gasteiger partial charge in [-0.15, -0.1) is 0 Å². The van der Waals surface area contributed by atoms with Crippen LogP contribution in [0, 0.1) is 11.2 Å². The van der Waals surface area contributed by atoms with Gasteiger partial charge in [-0.3, -0.25) is 9.59 Å². The summed E-state index contributed by atoms with van der Waals surface area (Å²) in [4.78, 5) is 26.8. The van der Waals surface area contributed by atoms with Gasteiger partial charge in [0.25, 0.3) is 5.91 Å². The van der Waals surface area contributed by atoms with Gasteiger partial charge in [0.15, 0.2) is 0 Å². The molecule has 0 saturated heterocycles. The predicted octanol–water partition coefficient (Wildman–Crippen LogP) is 4.67. The number of carbonyl (C=O) groups is 2. The zero-order valence-electron chi connectivity index (χ0n) is 14.9. The quantitative estimate of drug-likeness (QED) is 0.830. The Bertz CT molecular complexity index is 870. The fourth-order valence-electron chi connectivity index (χ4n) is 2.98. The highest BCUT2D eigenvalue weighted by atomic mass is 35.5. The number of carbonyl (C=O) groups excluding carboxylic acids is 2. The first-order valence-corrected chi connectivity index (χ1v) is 8.76. The number of halogens is 2. The molecule has 26 heavy (non-hydrogen) atoms. The number of benzene rings is 2. The summed E-state index contributed by atoms with van der Waals surface area (Å²) in [5, 5.41) is 2.72. The highest BCUT2D eigenvalue weighted by Gasteiger charge is 2.32. The number of anilines is 2. The molecular formula is C20H20ClFN2O2. The van der Waals surface area contributed by atoms with Crippen molar-refractivity contribution in [3.05, 3.63) is 58.4 Å². The smallest absolute Gasteiger partial charge is 0.260 e. The first-order chi connectivity index (χ1) is 12.2. The van der Waals surface area contributed by atoms with Crippen LogP contribution < -0.4 is 10.2 Å². The maximum absolute atomic E-state index is 13.9. The van der Waals surface area contributed by atoms with Gasteiger partial charge in [-0.1, -0.05) is 44.5 Å². The number of hydrogen-bond acceptors (Lipinski definition) is 2. The lowest BCUT2D eigenvalue weighted by Crippen LogP contribution is -2.38. The molecular weight excluding hydrogens is 355 g/mol. The van der Waals surface area contributed by atoms with Gasteiger partial charge in [0.05, 0.1) is 10.6 Å². The van der Waals surface area contributed by atoms with Crippen LogP contribution in [0.1, 0.15) is 36.7 Å². The van der Waals surface area contributed by atoms with Crippen molar-refractivity contribution in [2.75, 3.05) is 16.8 Å². The molecule has 2 amide bonds. The molecule has 0 fully saturated rings. The number of amides is 2. The fourth-order valence-corrected chi connectivity index (χ4v) is 3.23. The van der Waals surface area contributed by atoms with Crippen LogP contribution in [0.4, 0.5) is 15.8 Å². The zero-order chi connectivity index (χ0) is 19.1. The summed E-state index contributed by atoms with van der Waals surface area (Å²) in [5.74, 6) is -1.28.